The molecular formula is C42H24N4O2. The molecule has 0 aliphatic heterocycles. The number of aromatic nitrogens is 4. The monoisotopic (exact) mass is 616 g/mol. The number of pyridine rings is 1. The lowest BCUT2D eigenvalue weighted by atomic mass is 9.92. The van der Waals surface area contributed by atoms with Gasteiger partial charge in [0.2, 0.25) is 0 Å². The van der Waals surface area contributed by atoms with Gasteiger partial charge in [0.1, 0.15) is 16.7 Å². The molecule has 6 aromatic carbocycles. The summed E-state index contributed by atoms with van der Waals surface area (Å²) in [6.07, 6.45) is 3.58. The van der Waals surface area contributed by atoms with E-state index < -0.39 is 0 Å². The highest BCUT2D eigenvalue weighted by Crippen LogP contribution is 2.42. The third-order valence-corrected chi connectivity index (χ3v) is 9.07. The molecule has 10 rings (SSSR count). The Bertz CT molecular complexity index is 2850. The zero-order valence-electron chi connectivity index (χ0n) is 25.5. The minimum atomic E-state index is 0.590. The summed E-state index contributed by atoms with van der Waals surface area (Å²) in [5.41, 5.74) is 8.16. The van der Waals surface area contributed by atoms with E-state index in [1.807, 2.05) is 85.1 Å². The molecule has 0 spiro atoms. The molecule has 6 nitrogen and oxygen atoms in total. The van der Waals surface area contributed by atoms with E-state index in [2.05, 4.69) is 59.6 Å². The van der Waals surface area contributed by atoms with Crippen molar-refractivity contribution >= 4 is 54.6 Å². The topological polar surface area (TPSA) is 77.8 Å². The molecular weight excluding hydrogens is 592 g/mol. The highest BCUT2D eigenvalue weighted by molar-refractivity contribution is 6.16. The summed E-state index contributed by atoms with van der Waals surface area (Å²) in [5.74, 6) is 1.80. The number of rotatable bonds is 4. The summed E-state index contributed by atoms with van der Waals surface area (Å²) < 4.78 is 12.4. The molecule has 0 aliphatic rings. The molecule has 224 valence electrons. The molecule has 4 heterocycles. The molecule has 0 saturated carbocycles. The average Bonchev–Trinajstić information content (AvgIpc) is 3.73. The molecule has 0 bridgehead atoms. The predicted octanol–water partition coefficient (Wildman–Crippen LogP) is 10.9. The summed E-state index contributed by atoms with van der Waals surface area (Å²) in [7, 11) is 0. The summed E-state index contributed by atoms with van der Waals surface area (Å²) in [6, 6.07) is 45.2. The first-order valence-electron chi connectivity index (χ1n) is 15.8. The van der Waals surface area contributed by atoms with Gasteiger partial charge in [-0.1, -0.05) is 103 Å². The van der Waals surface area contributed by atoms with Crippen molar-refractivity contribution in [3.05, 3.63) is 146 Å². The second-order valence-corrected chi connectivity index (χ2v) is 11.8. The third-order valence-electron chi connectivity index (χ3n) is 9.07. The van der Waals surface area contributed by atoms with Crippen LogP contribution in [0.3, 0.4) is 0 Å². The summed E-state index contributed by atoms with van der Waals surface area (Å²) in [4.78, 5) is 19.6. The molecule has 0 saturated heterocycles. The van der Waals surface area contributed by atoms with Crippen molar-refractivity contribution in [2.45, 2.75) is 0 Å². The molecule has 0 unspecified atom stereocenters. The molecule has 48 heavy (non-hydrogen) atoms. The van der Waals surface area contributed by atoms with E-state index in [-0.39, 0.29) is 0 Å². The Balaban J connectivity index is 1.23. The van der Waals surface area contributed by atoms with Crippen molar-refractivity contribution in [2.75, 3.05) is 0 Å². The third kappa shape index (κ3) is 4.06. The van der Waals surface area contributed by atoms with E-state index in [1.165, 1.54) is 0 Å². The number of para-hydroxylation sites is 1. The number of furan rings is 2. The van der Waals surface area contributed by atoms with E-state index in [9.17, 15) is 0 Å². The Hall–Kier alpha value is -6.66. The fourth-order valence-electron chi connectivity index (χ4n) is 6.93. The van der Waals surface area contributed by atoms with Crippen LogP contribution in [-0.4, -0.2) is 19.9 Å². The van der Waals surface area contributed by atoms with Crippen LogP contribution in [0.15, 0.2) is 155 Å². The minimum Gasteiger partial charge on any atom is -0.456 e. The van der Waals surface area contributed by atoms with Gasteiger partial charge in [0, 0.05) is 44.4 Å². The highest BCUT2D eigenvalue weighted by atomic mass is 16.3. The molecule has 10 aromatic rings. The van der Waals surface area contributed by atoms with Gasteiger partial charge in [-0.25, -0.2) is 15.0 Å². The van der Waals surface area contributed by atoms with Gasteiger partial charge in [-0.2, -0.15) is 0 Å². The van der Waals surface area contributed by atoms with Gasteiger partial charge in [-0.05, 0) is 52.2 Å². The molecule has 6 heteroatoms. The normalized spacial score (nSPS) is 11.8. The van der Waals surface area contributed by atoms with E-state index in [1.54, 1.807) is 6.20 Å². The standard InChI is InChI=1S/C42H24N4O2/c1-2-10-25(11-3-1)40-44-41(46-42(45-40)33-16-9-19-36-39(33)31-14-6-7-17-34(31)47-36)30-21-20-28(26-12-4-5-13-27(26)30)29-15-8-18-35-38(29)32-22-23-43-24-37(32)48-35/h1-24H. The van der Waals surface area contributed by atoms with Gasteiger partial charge in [0.25, 0.3) is 0 Å². The van der Waals surface area contributed by atoms with Crippen LogP contribution in [-0.2, 0) is 0 Å². The van der Waals surface area contributed by atoms with Crippen molar-refractivity contribution in [2.24, 2.45) is 0 Å². The Morgan fingerprint density at radius 2 is 0.917 bits per heavy atom. The lowest BCUT2D eigenvalue weighted by Crippen LogP contribution is -2.01. The van der Waals surface area contributed by atoms with Crippen LogP contribution in [0.4, 0.5) is 0 Å². The molecule has 0 fully saturated rings. The zero-order valence-corrected chi connectivity index (χ0v) is 25.5. The maximum absolute atomic E-state index is 6.23. The van der Waals surface area contributed by atoms with Crippen LogP contribution < -0.4 is 0 Å². The molecule has 0 amide bonds. The number of nitrogens with zero attached hydrogens (tertiary/aromatic N) is 4. The number of hydrogen-bond acceptors (Lipinski definition) is 6. The molecule has 0 radical (unpaired) electrons. The van der Waals surface area contributed by atoms with Crippen molar-refractivity contribution in [3.63, 3.8) is 0 Å². The lowest BCUT2D eigenvalue weighted by molar-refractivity contribution is 0.667. The van der Waals surface area contributed by atoms with Crippen LogP contribution >= 0.6 is 0 Å². The first kappa shape index (κ1) is 26.5. The first-order chi connectivity index (χ1) is 23.8. The van der Waals surface area contributed by atoms with E-state index in [0.29, 0.717) is 17.5 Å². The van der Waals surface area contributed by atoms with E-state index in [0.717, 1.165) is 82.5 Å². The van der Waals surface area contributed by atoms with Crippen LogP contribution in [0.5, 0.6) is 0 Å². The second-order valence-electron chi connectivity index (χ2n) is 11.8. The average molecular weight is 617 g/mol. The van der Waals surface area contributed by atoms with Crippen molar-refractivity contribution < 1.29 is 8.83 Å². The van der Waals surface area contributed by atoms with Crippen molar-refractivity contribution in [1.29, 1.82) is 0 Å². The van der Waals surface area contributed by atoms with Gasteiger partial charge in [0.15, 0.2) is 23.1 Å². The lowest BCUT2D eigenvalue weighted by Gasteiger charge is -2.14. The van der Waals surface area contributed by atoms with E-state index >= 15 is 0 Å². The van der Waals surface area contributed by atoms with Crippen molar-refractivity contribution in [1.82, 2.24) is 19.9 Å². The Morgan fingerprint density at radius 3 is 1.73 bits per heavy atom. The predicted molar refractivity (Wildman–Crippen MR) is 191 cm³/mol. The summed E-state index contributed by atoms with van der Waals surface area (Å²) in [5, 5.41) is 6.26. The molecule has 0 N–H and O–H groups in total. The van der Waals surface area contributed by atoms with Crippen molar-refractivity contribution in [3.8, 4) is 45.3 Å². The van der Waals surface area contributed by atoms with E-state index in [4.69, 9.17) is 23.8 Å². The molecule has 0 aliphatic carbocycles. The number of hydrogen-bond donors (Lipinski definition) is 0. The van der Waals surface area contributed by atoms with Crippen LogP contribution in [0, 0.1) is 0 Å². The SMILES string of the molecule is c1ccc(-c2nc(-c3ccc(-c4cccc5oc6cnccc6c45)c4ccccc34)nc(-c3cccc4oc5ccccc5c34)n2)cc1. The highest BCUT2D eigenvalue weighted by Gasteiger charge is 2.20. The first-order valence-corrected chi connectivity index (χ1v) is 15.8. The van der Waals surface area contributed by atoms with Gasteiger partial charge < -0.3 is 8.83 Å². The zero-order chi connectivity index (χ0) is 31.6. The summed E-state index contributed by atoms with van der Waals surface area (Å²) >= 11 is 0. The van der Waals surface area contributed by atoms with Gasteiger partial charge in [0.05, 0.1) is 6.20 Å². The summed E-state index contributed by atoms with van der Waals surface area (Å²) in [6.45, 7) is 0. The number of fused-ring (bicyclic) bond motifs is 7. The largest absolute Gasteiger partial charge is 0.456 e. The van der Waals surface area contributed by atoms with Crippen LogP contribution in [0.1, 0.15) is 0 Å². The maximum atomic E-state index is 6.23. The second kappa shape index (κ2) is 10.4. The van der Waals surface area contributed by atoms with Gasteiger partial charge in [-0.3, -0.25) is 4.98 Å². The van der Waals surface area contributed by atoms with Crippen LogP contribution in [0.25, 0.3) is 99.9 Å². The molecule has 4 aromatic heterocycles. The Morgan fingerprint density at radius 1 is 0.354 bits per heavy atom. The maximum Gasteiger partial charge on any atom is 0.164 e. The Labute approximate surface area is 274 Å². The smallest absolute Gasteiger partial charge is 0.164 e. The van der Waals surface area contributed by atoms with Gasteiger partial charge in [-0.15, -0.1) is 0 Å². The fourth-order valence-corrected chi connectivity index (χ4v) is 6.93. The number of benzene rings is 6. The quantitative estimate of drug-likeness (QED) is 0.196. The minimum absolute atomic E-state index is 0.590. The van der Waals surface area contributed by atoms with Gasteiger partial charge >= 0.3 is 0 Å². The Kier molecular flexibility index (Phi) is 5.77. The fraction of sp³-hybridized carbons (Fsp3) is 0. The van der Waals surface area contributed by atoms with Crippen LogP contribution in [0.2, 0.25) is 0 Å². The molecule has 0 atom stereocenters.